The Balaban J connectivity index is 2.13. The van der Waals surface area contributed by atoms with Crippen LogP contribution < -0.4 is 5.32 Å². The maximum Gasteiger partial charge on any atom is 0.140 e. The normalized spacial score (nSPS) is 10.0. The zero-order valence-corrected chi connectivity index (χ0v) is 11.8. The molecule has 3 nitrogen and oxygen atoms in total. The zero-order valence-electron chi connectivity index (χ0n) is 10.2. The molecule has 1 aromatic carbocycles. The Morgan fingerprint density at radius 3 is 2.84 bits per heavy atom. The molecule has 0 aliphatic rings. The molecule has 5 heteroatoms. The van der Waals surface area contributed by atoms with Crippen molar-refractivity contribution in [1.82, 2.24) is 4.98 Å². The third-order valence-electron chi connectivity index (χ3n) is 2.69. The van der Waals surface area contributed by atoms with Crippen molar-refractivity contribution in [3.05, 3.63) is 57.6 Å². The van der Waals surface area contributed by atoms with Crippen molar-refractivity contribution < 1.29 is 4.39 Å². The van der Waals surface area contributed by atoms with E-state index in [1.165, 1.54) is 6.07 Å². The monoisotopic (exact) mass is 319 g/mol. The summed E-state index contributed by atoms with van der Waals surface area (Å²) >= 11 is 3.30. The van der Waals surface area contributed by atoms with Crippen LogP contribution in [0.2, 0.25) is 0 Å². The molecule has 0 aliphatic heterocycles. The van der Waals surface area contributed by atoms with Gasteiger partial charge in [-0.25, -0.2) is 9.37 Å². The van der Waals surface area contributed by atoms with E-state index in [1.807, 2.05) is 25.1 Å². The molecule has 96 valence electrons. The minimum Gasteiger partial charge on any atom is -0.380 e. The Morgan fingerprint density at radius 1 is 1.37 bits per heavy atom. The van der Waals surface area contributed by atoms with Gasteiger partial charge < -0.3 is 5.32 Å². The number of nitriles is 1. The van der Waals surface area contributed by atoms with E-state index in [4.69, 9.17) is 5.26 Å². The van der Waals surface area contributed by atoms with Crippen LogP contribution in [0, 0.1) is 24.1 Å². The second-order valence-electron chi connectivity index (χ2n) is 4.05. The average molecular weight is 320 g/mol. The van der Waals surface area contributed by atoms with Crippen LogP contribution in [0.1, 0.15) is 16.8 Å². The van der Waals surface area contributed by atoms with E-state index in [0.29, 0.717) is 6.54 Å². The summed E-state index contributed by atoms with van der Waals surface area (Å²) in [6, 6.07) is 10.1. The predicted molar refractivity (Wildman–Crippen MR) is 75.1 cm³/mol. The molecule has 2 rings (SSSR count). The van der Waals surface area contributed by atoms with Gasteiger partial charge in [-0.2, -0.15) is 5.26 Å². The molecule has 1 N–H and O–H groups in total. The summed E-state index contributed by atoms with van der Waals surface area (Å²) in [4.78, 5) is 4.28. The topological polar surface area (TPSA) is 48.7 Å². The molecule has 0 saturated carbocycles. The number of aromatic nitrogens is 1. The Kier molecular flexibility index (Phi) is 4.13. The first-order valence-electron chi connectivity index (χ1n) is 5.65. The fourth-order valence-electron chi connectivity index (χ4n) is 1.68. The Labute approximate surface area is 119 Å². The van der Waals surface area contributed by atoms with Crippen LogP contribution >= 0.6 is 15.9 Å². The number of rotatable bonds is 3. The van der Waals surface area contributed by atoms with Gasteiger partial charge in [-0.3, -0.25) is 0 Å². The van der Waals surface area contributed by atoms with E-state index in [0.717, 1.165) is 21.5 Å². The number of pyridine rings is 1. The van der Waals surface area contributed by atoms with Gasteiger partial charge in [0.2, 0.25) is 0 Å². The molecule has 0 saturated heterocycles. The number of aryl methyl sites for hydroxylation is 1. The summed E-state index contributed by atoms with van der Waals surface area (Å²) < 4.78 is 14.0. The fourth-order valence-corrected chi connectivity index (χ4v) is 2.08. The number of nitrogens with zero attached hydrogens (tertiary/aromatic N) is 2. The van der Waals surface area contributed by atoms with Crippen LogP contribution in [0.25, 0.3) is 0 Å². The molecule has 0 bridgehead atoms. The minimum atomic E-state index is -0.493. The van der Waals surface area contributed by atoms with Crippen molar-refractivity contribution in [2.75, 3.05) is 5.32 Å². The van der Waals surface area contributed by atoms with Crippen LogP contribution in [-0.2, 0) is 6.54 Å². The second-order valence-corrected chi connectivity index (χ2v) is 4.86. The fraction of sp³-hybridized carbons (Fsp3) is 0.143. The summed E-state index contributed by atoms with van der Waals surface area (Å²) in [5.74, 6) is -0.493. The molecular formula is C14H11BrFN3. The highest BCUT2D eigenvalue weighted by Gasteiger charge is 2.04. The van der Waals surface area contributed by atoms with E-state index in [9.17, 15) is 4.39 Å². The van der Waals surface area contributed by atoms with Gasteiger partial charge in [0.1, 0.15) is 16.5 Å². The third kappa shape index (κ3) is 3.30. The van der Waals surface area contributed by atoms with E-state index < -0.39 is 5.82 Å². The Morgan fingerprint density at radius 2 is 2.16 bits per heavy atom. The van der Waals surface area contributed by atoms with Gasteiger partial charge in [-0.1, -0.05) is 6.07 Å². The van der Waals surface area contributed by atoms with Crippen molar-refractivity contribution in [2.24, 2.45) is 0 Å². The number of hydrogen-bond donors (Lipinski definition) is 1. The van der Waals surface area contributed by atoms with Gasteiger partial charge in [-0.15, -0.1) is 0 Å². The maximum absolute atomic E-state index is 13.2. The zero-order chi connectivity index (χ0) is 13.8. The van der Waals surface area contributed by atoms with Gasteiger partial charge in [0.15, 0.2) is 0 Å². The SMILES string of the molecule is Cc1nc(Br)ccc1NCc1ccc(F)c(C#N)c1. The summed E-state index contributed by atoms with van der Waals surface area (Å²) in [5.41, 5.74) is 2.69. The Hall–Kier alpha value is -1.93. The molecule has 0 spiro atoms. The molecule has 0 atom stereocenters. The van der Waals surface area contributed by atoms with Crippen LogP contribution in [0.15, 0.2) is 34.9 Å². The average Bonchev–Trinajstić information content (AvgIpc) is 2.39. The number of benzene rings is 1. The Bertz CT molecular complexity index is 650. The molecule has 0 fully saturated rings. The van der Waals surface area contributed by atoms with Gasteiger partial charge in [0.05, 0.1) is 16.9 Å². The molecule has 0 unspecified atom stereocenters. The van der Waals surface area contributed by atoms with Gasteiger partial charge >= 0.3 is 0 Å². The molecule has 1 heterocycles. The second kappa shape index (κ2) is 5.81. The number of hydrogen-bond acceptors (Lipinski definition) is 3. The van der Waals surface area contributed by atoms with Gasteiger partial charge in [0, 0.05) is 6.54 Å². The number of nitrogens with one attached hydrogen (secondary N) is 1. The standard InChI is InChI=1S/C14H11BrFN3/c1-9-13(4-5-14(15)19-9)18-8-10-2-3-12(16)11(6-10)7-17/h2-6,18H,8H2,1H3. The lowest BCUT2D eigenvalue weighted by Crippen LogP contribution is -2.03. The van der Waals surface area contributed by atoms with Crippen molar-refractivity contribution >= 4 is 21.6 Å². The first kappa shape index (κ1) is 13.5. The molecule has 1 aromatic heterocycles. The quantitative estimate of drug-likeness (QED) is 0.876. The number of halogens is 2. The smallest absolute Gasteiger partial charge is 0.140 e. The molecule has 0 radical (unpaired) electrons. The summed E-state index contributed by atoms with van der Waals surface area (Å²) in [6.45, 7) is 2.41. The summed E-state index contributed by atoms with van der Waals surface area (Å²) in [6.07, 6.45) is 0. The van der Waals surface area contributed by atoms with Crippen LogP contribution in [0.3, 0.4) is 0 Å². The highest BCUT2D eigenvalue weighted by atomic mass is 79.9. The summed E-state index contributed by atoms with van der Waals surface area (Å²) in [5, 5.41) is 12.0. The highest BCUT2D eigenvalue weighted by molar-refractivity contribution is 9.10. The molecular weight excluding hydrogens is 309 g/mol. The van der Waals surface area contributed by atoms with E-state index in [1.54, 1.807) is 12.1 Å². The molecule has 0 aliphatic carbocycles. The number of anilines is 1. The van der Waals surface area contributed by atoms with Crippen molar-refractivity contribution in [3.8, 4) is 6.07 Å². The van der Waals surface area contributed by atoms with Crippen LogP contribution in [-0.4, -0.2) is 4.98 Å². The van der Waals surface area contributed by atoms with E-state index in [-0.39, 0.29) is 5.56 Å². The van der Waals surface area contributed by atoms with Crippen molar-refractivity contribution in [3.63, 3.8) is 0 Å². The predicted octanol–water partition coefficient (Wildman–Crippen LogP) is 3.78. The van der Waals surface area contributed by atoms with Crippen LogP contribution in [0.4, 0.5) is 10.1 Å². The van der Waals surface area contributed by atoms with Gasteiger partial charge in [0.25, 0.3) is 0 Å². The molecule has 19 heavy (non-hydrogen) atoms. The molecule has 2 aromatic rings. The van der Waals surface area contributed by atoms with Crippen molar-refractivity contribution in [1.29, 1.82) is 5.26 Å². The van der Waals surface area contributed by atoms with E-state index >= 15 is 0 Å². The van der Waals surface area contributed by atoms with Crippen LogP contribution in [0.5, 0.6) is 0 Å². The van der Waals surface area contributed by atoms with E-state index in [2.05, 4.69) is 26.2 Å². The first-order valence-corrected chi connectivity index (χ1v) is 6.45. The first-order chi connectivity index (χ1) is 9.10. The largest absolute Gasteiger partial charge is 0.380 e. The van der Waals surface area contributed by atoms with Gasteiger partial charge in [-0.05, 0) is 52.7 Å². The van der Waals surface area contributed by atoms with Crippen molar-refractivity contribution in [2.45, 2.75) is 13.5 Å². The highest BCUT2D eigenvalue weighted by Crippen LogP contribution is 2.17. The summed E-state index contributed by atoms with van der Waals surface area (Å²) in [7, 11) is 0. The third-order valence-corrected chi connectivity index (χ3v) is 3.13. The lowest BCUT2D eigenvalue weighted by Gasteiger charge is -2.09. The lowest BCUT2D eigenvalue weighted by atomic mass is 10.1. The maximum atomic E-state index is 13.2. The lowest BCUT2D eigenvalue weighted by molar-refractivity contribution is 0.623. The molecule has 0 amide bonds. The minimum absolute atomic E-state index is 0.0601.